The maximum atomic E-state index is 12.8. The van der Waals surface area contributed by atoms with Gasteiger partial charge in [0, 0.05) is 43.3 Å². The van der Waals surface area contributed by atoms with Crippen molar-refractivity contribution in [1.82, 2.24) is 14.7 Å². The van der Waals surface area contributed by atoms with Gasteiger partial charge < -0.3 is 10.2 Å². The van der Waals surface area contributed by atoms with Crippen LogP contribution in [0.1, 0.15) is 0 Å². The third-order valence-electron chi connectivity index (χ3n) is 2.91. The summed E-state index contributed by atoms with van der Waals surface area (Å²) in [7, 11) is 0. The summed E-state index contributed by atoms with van der Waals surface area (Å²) in [5, 5.41) is 4.24. The molecular formula is C12H13FN4S. The largest absolute Gasteiger partial charge is 0.344 e. The summed E-state index contributed by atoms with van der Waals surface area (Å²) in [5.74, 6) is 0.435. The first-order chi connectivity index (χ1) is 8.83. The lowest BCUT2D eigenvalue weighted by atomic mass is 10.2. The van der Waals surface area contributed by atoms with Crippen LogP contribution >= 0.6 is 11.5 Å². The molecule has 2 aromatic rings. The van der Waals surface area contributed by atoms with Crippen LogP contribution in [-0.2, 0) is 0 Å². The summed E-state index contributed by atoms with van der Waals surface area (Å²) in [6.07, 6.45) is 0. The molecule has 0 aliphatic carbocycles. The van der Waals surface area contributed by atoms with Crippen LogP contribution in [0.3, 0.4) is 0 Å². The van der Waals surface area contributed by atoms with E-state index in [1.165, 1.54) is 23.7 Å². The number of hydrogen-bond acceptors (Lipinski definition) is 5. The van der Waals surface area contributed by atoms with Crippen LogP contribution in [0.25, 0.3) is 11.4 Å². The molecule has 1 aromatic heterocycles. The fraction of sp³-hybridized carbons (Fsp3) is 0.333. The van der Waals surface area contributed by atoms with Crippen molar-refractivity contribution in [2.75, 3.05) is 31.1 Å². The van der Waals surface area contributed by atoms with Gasteiger partial charge in [-0.05, 0) is 24.3 Å². The summed E-state index contributed by atoms with van der Waals surface area (Å²) in [4.78, 5) is 6.74. The Balaban J connectivity index is 1.82. The van der Waals surface area contributed by atoms with E-state index in [1.807, 2.05) is 0 Å². The summed E-state index contributed by atoms with van der Waals surface area (Å²) in [6.45, 7) is 3.87. The first-order valence-electron chi connectivity index (χ1n) is 5.88. The highest BCUT2D eigenvalue weighted by Crippen LogP contribution is 2.24. The van der Waals surface area contributed by atoms with E-state index in [-0.39, 0.29) is 5.82 Å². The molecule has 6 heteroatoms. The molecule has 0 bridgehead atoms. The molecule has 1 aliphatic rings. The highest BCUT2D eigenvalue weighted by Gasteiger charge is 2.15. The van der Waals surface area contributed by atoms with Crippen molar-refractivity contribution in [2.24, 2.45) is 0 Å². The van der Waals surface area contributed by atoms with Gasteiger partial charge in [0.2, 0.25) is 5.13 Å². The molecule has 1 N–H and O–H groups in total. The average molecular weight is 264 g/mol. The van der Waals surface area contributed by atoms with E-state index in [9.17, 15) is 4.39 Å². The van der Waals surface area contributed by atoms with Gasteiger partial charge in [-0.3, -0.25) is 0 Å². The molecule has 0 atom stereocenters. The summed E-state index contributed by atoms with van der Waals surface area (Å²) >= 11 is 1.40. The zero-order valence-electron chi connectivity index (χ0n) is 9.77. The monoisotopic (exact) mass is 264 g/mol. The van der Waals surface area contributed by atoms with E-state index in [4.69, 9.17) is 0 Å². The zero-order valence-corrected chi connectivity index (χ0v) is 10.6. The minimum atomic E-state index is -0.240. The first kappa shape index (κ1) is 11.6. The smallest absolute Gasteiger partial charge is 0.205 e. The second-order valence-electron chi connectivity index (χ2n) is 4.14. The van der Waals surface area contributed by atoms with Crippen molar-refractivity contribution >= 4 is 16.7 Å². The lowest BCUT2D eigenvalue weighted by molar-refractivity contribution is 0.588. The molecule has 94 valence electrons. The second-order valence-corrected chi connectivity index (χ2v) is 4.87. The quantitative estimate of drug-likeness (QED) is 0.897. The number of nitrogens with one attached hydrogen (secondary N) is 1. The molecule has 0 radical (unpaired) electrons. The third kappa shape index (κ3) is 2.34. The van der Waals surface area contributed by atoms with Crippen LogP contribution in [0.5, 0.6) is 0 Å². The lowest BCUT2D eigenvalue weighted by Crippen LogP contribution is -2.43. The third-order valence-corrected chi connectivity index (χ3v) is 3.68. The van der Waals surface area contributed by atoms with Crippen molar-refractivity contribution in [2.45, 2.75) is 0 Å². The molecule has 3 rings (SSSR count). The Hall–Kier alpha value is -1.53. The molecule has 0 spiro atoms. The van der Waals surface area contributed by atoms with Gasteiger partial charge in [0.15, 0.2) is 5.82 Å². The van der Waals surface area contributed by atoms with Crippen LogP contribution in [0.15, 0.2) is 24.3 Å². The molecule has 4 nitrogen and oxygen atoms in total. The van der Waals surface area contributed by atoms with Crippen LogP contribution in [-0.4, -0.2) is 35.5 Å². The molecule has 1 aliphatic heterocycles. The highest BCUT2D eigenvalue weighted by molar-refractivity contribution is 7.09. The van der Waals surface area contributed by atoms with Crippen molar-refractivity contribution in [3.05, 3.63) is 30.1 Å². The molecule has 1 aromatic carbocycles. The maximum absolute atomic E-state index is 12.8. The average Bonchev–Trinajstić information content (AvgIpc) is 2.90. The number of benzene rings is 1. The Labute approximate surface area is 109 Å². The van der Waals surface area contributed by atoms with Gasteiger partial charge in [0.1, 0.15) is 5.82 Å². The van der Waals surface area contributed by atoms with Gasteiger partial charge in [-0.2, -0.15) is 9.36 Å². The number of rotatable bonds is 2. The molecule has 0 amide bonds. The Kier molecular flexibility index (Phi) is 3.21. The first-order valence-corrected chi connectivity index (χ1v) is 6.65. The molecule has 0 saturated carbocycles. The Bertz CT molecular complexity index is 519. The lowest BCUT2D eigenvalue weighted by Gasteiger charge is -2.26. The predicted octanol–water partition coefficient (Wildman–Crippen LogP) is 1.75. The van der Waals surface area contributed by atoms with E-state index in [0.29, 0.717) is 5.82 Å². The van der Waals surface area contributed by atoms with Crippen LogP contribution in [0, 0.1) is 5.82 Å². The number of piperazine rings is 1. The normalized spacial score (nSPS) is 15.9. The summed E-state index contributed by atoms with van der Waals surface area (Å²) < 4.78 is 17.2. The van der Waals surface area contributed by atoms with E-state index in [2.05, 4.69) is 19.6 Å². The zero-order chi connectivity index (χ0) is 12.4. The molecule has 1 saturated heterocycles. The second kappa shape index (κ2) is 4.99. The number of nitrogens with zero attached hydrogens (tertiary/aromatic N) is 3. The van der Waals surface area contributed by atoms with Gasteiger partial charge in [0.05, 0.1) is 0 Å². The minimum Gasteiger partial charge on any atom is -0.344 e. The minimum absolute atomic E-state index is 0.240. The predicted molar refractivity (Wildman–Crippen MR) is 70.4 cm³/mol. The van der Waals surface area contributed by atoms with Gasteiger partial charge >= 0.3 is 0 Å². The van der Waals surface area contributed by atoms with Crippen LogP contribution in [0.2, 0.25) is 0 Å². The summed E-state index contributed by atoms with van der Waals surface area (Å²) in [5.41, 5.74) is 0.856. The highest BCUT2D eigenvalue weighted by atomic mass is 32.1. The molecule has 1 fully saturated rings. The van der Waals surface area contributed by atoms with Gasteiger partial charge in [0.25, 0.3) is 0 Å². The van der Waals surface area contributed by atoms with Crippen LogP contribution in [0.4, 0.5) is 9.52 Å². The number of hydrogen-bond donors (Lipinski definition) is 1. The number of anilines is 1. The van der Waals surface area contributed by atoms with E-state index >= 15 is 0 Å². The Morgan fingerprint density at radius 1 is 1.17 bits per heavy atom. The van der Waals surface area contributed by atoms with Crippen molar-refractivity contribution in [1.29, 1.82) is 0 Å². The van der Waals surface area contributed by atoms with Gasteiger partial charge in [-0.25, -0.2) is 4.39 Å². The maximum Gasteiger partial charge on any atom is 0.205 e. The topological polar surface area (TPSA) is 41.1 Å². The number of aromatic nitrogens is 2. The van der Waals surface area contributed by atoms with Crippen LogP contribution < -0.4 is 10.2 Å². The van der Waals surface area contributed by atoms with Crippen molar-refractivity contribution < 1.29 is 4.39 Å². The molecule has 2 heterocycles. The van der Waals surface area contributed by atoms with Gasteiger partial charge in [-0.1, -0.05) is 0 Å². The van der Waals surface area contributed by atoms with E-state index < -0.39 is 0 Å². The van der Waals surface area contributed by atoms with Crippen molar-refractivity contribution in [3.8, 4) is 11.4 Å². The SMILES string of the molecule is Fc1ccc(-c2nsc(N3CCNCC3)n2)cc1. The molecule has 0 unspecified atom stereocenters. The van der Waals surface area contributed by atoms with E-state index in [0.717, 1.165) is 36.9 Å². The van der Waals surface area contributed by atoms with Gasteiger partial charge in [-0.15, -0.1) is 0 Å². The Morgan fingerprint density at radius 3 is 2.61 bits per heavy atom. The molecule has 18 heavy (non-hydrogen) atoms. The molecular weight excluding hydrogens is 251 g/mol. The fourth-order valence-corrected chi connectivity index (χ4v) is 2.66. The van der Waals surface area contributed by atoms with Crippen molar-refractivity contribution in [3.63, 3.8) is 0 Å². The summed E-state index contributed by atoms with van der Waals surface area (Å²) in [6, 6.07) is 6.28. The standard InChI is InChI=1S/C12H13FN4S/c13-10-3-1-9(2-4-10)11-15-12(18-16-11)17-7-5-14-6-8-17/h1-4,14H,5-8H2. The fourth-order valence-electron chi connectivity index (χ4n) is 1.92. The van der Waals surface area contributed by atoms with E-state index in [1.54, 1.807) is 12.1 Å². The Morgan fingerprint density at radius 2 is 1.89 bits per heavy atom. The number of halogens is 1.